The quantitative estimate of drug-likeness (QED) is 0.640. The number of aromatic nitrogens is 3. The SMILES string of the molecule is CCCOCCCNc1nc(NC)nc(OC)n1. The Morgan fingerprint density at radius 3 is 2.56 bits per heavy atom. The Balaban J connectivity index is 2.36. The third-order valence-corrected chi connectivity index (χ3v) is 2.12. The first-order valence-corrected chi connectivity index (χ1v) is 6.09. The molecule has 18 heavy (non-hydrogen) atoms. The van der Waals surface area contributed by atoms with E-state index in [0.717, 1.165) is 32.6 Å². The van der Waals surface area contributed by atoms with Crippen LogP contribution >= 0.6 is 0 Å². The Bertz CT molecular complexity index is 326. The first-order valence-electron chi connectivity index (χ1n) is 6.09. The fourth-order valence-corrected chi connectivity index (χ4v) is 1.26. The molecule has 0 bridgehead atoms. The van der Waals surface area contributed by atoms with Crippen LogP contribution in [0.3, 0.4) is 0 Å². The molecule has 0 saturated heterocycles. The molecular weight excluding hydrogens is 234 g/mol. The molecule has 1 rings (SSSR count). The number of nitrogens with zero attached hydrogens (tertiary/aromatic N) is 3. The van der Waals surface area contributed by atoms with Crippen LogP contribution in [0.1, 0.15) is 19.8 Å². The second-order valence-electron chi connectivity index (χ2n) is 3.61. The van der Waals surface area contributed by atoms with Crippen molar-refractivity contribution in [3.63, 3.8) is 0 Å². The molecule has 0 amide bonds. The van der Waals surface area contributed by atoms with Crippen molar-refractivity contribution < 1.29 is 9.47 Å². The molecule has 102 valence electrons. The molecule has 0 aliphatic heterocycles. The van der Waals surface area contributed by atoms with E-state index in [1.807, 2.05) is 0 Å². The number of anilines is 2. The molecule has 0 unspecified atom stereocenters. The van der Waals surface area contributed by atoms with Crippen LogP contribution in [-0.2, 0) is 4.74 Å². The number of rotatable bonds is 9. The van der Waals surface area contributed by atoms with Gasteiger partial charge in [-0.05, 0) is 12.8 Å². The number of ether oxygens (including phenoxy) is 2. The van der Waals surface area contributed by atoms with Gasteiger partial charge >= 0.3 is 6.01 Å². The minimum Gasteiger partial charge on any atom is -0.467 e. The van der Waals surface area contributed by atoms with Gasteiger partial charge in [-0.25, -0.2) is 0 Å². The minimum absolute atomic E-state index is 0.291. The number of hydrogen-bond donors (Lipinski definition) is 2. The molecule has 0 aliphatic rings. The number of methoxy groups -OCH3 is 1. The van der Waals surface area contributed by atoms with E-state index in [4.69, 9.17) is 9.47 Å². The predicted octanol–water partition coefficient (Wildman–Crippen LogP) is 1.15. The van der Waals surface area contributed by atoms with Crippen molar-refractivity contribution in [3.05, 3.63) is 0 Å². The zero-order chi connectivity index (χ0) is 13.2. The van der Waals surface area contributed by atoms with Crippen LogP contribution in [0.5, 0.6) is 6.01 Å². The van der Waals surface area contributed by atoms with Crippen molar-refractivity contribution in [2.45, 2.75) is 19.8 Å². The van der Waals surface area contributed by atoms with Crippen molar-refractivity contribution >= 4 is 11.9 Å². The van der Waals surface area contributed by atoms with Crippen LogP contribution in [0.25, 0.3) is 0 Å². The van der Waals surface area contributed by atoms with E-state index < -0.39 is 0 Å². The summed E-state index contributed by atoms with van der Waals surface area (Å²) in [4.78, 5) is 12.3. The summed E-state index contributed by atoms with van der Waals surface area (Å²) >= 11 is 0. The van der Waals surface area contributed by atoms with Gasteiger partial charge in [-0.15, -0.1) is 0 Å². The van der Waals surface area contributed by atoms with Gasteiger partial charge in [0.25, 0.3) is 0 Å². The maximum atomic E-state index is 5.38. The maximum Gasteiger partial charge on any atom is 0.322 e. The van der Waals surface area contributed by atoms with Crippen molar-refractivity contribution in [3.8, 4) is 6.01 Å². The predicted molar refractivity (Wildman–Crippen MR) is 70.1 cm³/mol. The van der Waals surface area contributed by atoms with E-state index in [9.17, 15) is 0 Å². The topological polar surface area (TPSA) is 81.2 Å². The summed E-state index contributed by atoms with van der Waals surface area (Å²) in [5.41, 5.74) is 0. The third kappa shape index (κ3) is 5.13. The largest absolute Gasteiger partial charge is 0.467 e. The second kappa shape index (κ2) is 8.46. The summed E-state index contributed by atoms with van der Waals surface area (Å²) in [6, 6.07) is 0.291. The molecule has 0 fully saturated rings. The molecule has 0 radical (unpaired) electrons. The minimum atomic E-state index is 0.291. The first-order chi connectivity index (χ1) is 8.80. The molecule has 0 aromatic carbocycles. The Hall–Kier alpha value is -1.63. The van der Waals surface area contributed by atoms with Crippen molar-refractivity contribution in [2.24, 2.45) is 0 Å². The Kier molecular flexibility index (Phi) is 6.78. The number of hydrogen-bond acceptors (Lipinski definition) is 7. The zero-order valence-electron chi connectivity index (χ0n) is 11.2. The van der Waals surface area contributed by atoms with Gasteiger partial charge in [0.1, 0.15) is 0 Å². The lowest BCUT2D eigenvalue weighted by Gasteiger charge is -2.07. The monoisotopic (exact) mass is 255 g/mol. The standard InChI is InChI=1S/C11H21N5O2/c1-4-7-18-8-5-6-13-10-14-9(12-2)15-11(16-10)17-3/h4-8H2,1-3H3,(H2,12,13,14,15,16). The molecule has 2 N–H and O–H groups in total. The Labute approximate surface area is 107 Å². The van der Waals surface area contributed by atoms with Crippen LogP contribution in [-0.4, -0.2) is 48.9 Å². The summed E-state index contributed by atoms with van der Waals surface area (Å²) in [6.07, 6.45) is 1.95. The molecule has 0 spiro atoms. The maximum absolute atomic E-state index is 5.38. The molecule has 0 saturated carbocycles. The van der Waals surface area contributed by atoms with E-state index >= 15 is 0 Å². The van der Waals surface area contributed by atoms with Crippen molar-refractivity contribution in [2.75, 3.05) is 44.5 Å². The fraction of sp³-hybridized carbons (Fsp3) is 0.727. The lowest BCUT2D eigenvalue weighted by molar-refractivity contribution is 0.134. The van der Waals surface area contributed by atoms with Crippen LogP contribution in [0.4, 0.5) is 11.9 Å². The zero-order valence-corrected chi connectivity index (χ0v) is 11.2. The van der Waals surface area contributed by atoms with Crippen LogP contribution in [0.2, 0.25) is 0 Å². The fourth-order valence-electron chi connectivity index (χ4n) is 1.26. The van der Waals surface area contributed by atoms with Gasteiger partial charge < -0.3 is 20.1 Å². The molecule has 1 heterocycles. The average molecular weight is 255 g/mol. The molecule has 7 heteroatoms. The van der Waals surface area contributed by atoms with E-state index in [0.29, 0.717) is 17.9 Å². The van der Waals surface area contributed by atoms with Gasteiger partial charge in [-0.1, -0.05) is 6.92 Å². The number of nitrogens with one attached hydrogen (secondary N) is 2. The summed E-state index contributed by atoms with van der Waals surface area (Å²) in [5.74, 6) is 0.980. The molecule has 7 nitrogen and oxygen atoms in total. The van der Waals surface area contributed by atoms with Crippen molar-refractivity contribution in [1.29, 1.82) is 0 Å². The van der Waals surface area contributed by atoms with E-state index in [-0.39, 0.29) is 0 Å². The molecule has 0 atom stereocenters. The summed E-state index contributed by atoms with van der Waals surface area (Å²) < 4.78 is 10.4. The highest BCUT2D eigenvalue weighted by Gasteiger charge is 2.04. The average Bonchev–Trinajstić information content (AvgIpc) is 2.42. The van der Waals surface area contributed by atoms with Gasteiger partial charge in [0.05, 0.1) is 7.11 Å². The van der Waals surface area contributed by atoms with Gasteiger partial charge in [0.2, 0.25) is 11.9 Å². The smallest absolute Gasteiger partial charge is 0.322 e. The Morgan fingerprint density at radius 1 is 1.11 bits per heavy atom. The van der Waals surface area contributed by atoms with Crippen LogP contribution in [0.15, 0.2) is 0 Å². The lowest BCUT2D eigenvalue weighted by Crippen LogP contribution is -2.11. The van der Waals surface area contributed by atoms with E-state index in [2.05, 4.69) is 32.5 Å². The van der Waals surface area contributed by atoms with Gasteiger partial charge in [-0.3, -0.25) is 0 Å². The van der Waals surface area contributed by atoms with Crippen molar-refractivity contribution in [1.82, 2.24) is 15.0 Å². The van der Waals surface area contributed by atoms with Gasteiger partial charge in [0, 0.05) is 26.8 Å². The highest BCUT2D eigenvalue weighted by Crippen LogP contribution is 2.09. The molecule has 1 aromatic heterocycles. The van der Waals surface area contributed by atoms with Crippen LogP contribution in [0, 0.1) is 0 Å². The van der Waals surface area contributed by atoms with Gasteiger partial charge in [-0.2, -0.15) is 15.0 Å². The van der Waals surface area contributed by atoms with E-state index in [1.165, 1.54) is 7.11 Å². The highest BCUT2D eigenvalue weighted by atomic mass is 16.5. The molecule has 0 aliphatic carbocycles. The molecular formula is C11H21N5O2. The highest BCUT2D eigenvalue weighted by molar-refractivity contribution is 5.35. The van der Waals surface area contributed by atoms with Crippen LogP contribution < -0.4 is 15.4 Å². The Morgan fingerprint density at radius 2 is 1.89 bits per heavy atom. The lowest BCUT2D eigenvalue weighted by atomic mass is 10.4. The summed E-state index contributed by atoms with van der Waals surface area (Å²) in [5, 5.41) is 5.96. The summed E-state index contributed by atoms with van der Waals surface area (Å²) in [6.45, 7) is 4.39. The summed E-state index contributed by atoms with van der Waals surface area (Å²) in [7, 11) is 3.27. The first kappa shape index (κ1) is 14.4. The van der Waals surface area contributed by atoms with Gasteiger partial charge in [0.15, 0.2) is 0 Å². The second-order valence-corrected chi connectivity index (χ2v) is 3.61. The van der Waals surface area contributed by atoms with E-state index in [1.54, 1.807) is 7.05 Å². The normalized spacial score (nSPS) is 10.2. The third-order valence-electron chi connectivity index (χ3n) is 2.12. The molecule has 1 aromatic rings.